The van der Waals surface area contributed by atoms with Crippen LogP contribution in [0.2, 0.25) is 0 Å². The van der Waals surface area contributed by atoms with Crippen LogP contribution in [0.25, 0.3) is 0 Å². The van der Waals surface area contributed by atoms with Gasteiger partial charge < -0.3 is 16.0 Å². The fraction of sp³-hybridized carbons (Fsp3) is 0.286. The van der Waals surface area contributed by atoms with Gasteiger partial charge in [-0.15, -0.1) is 0 Å². The molecule has 0 aromatic heterocycles. The van der Waals surface area contributed by atoms with Crippen LogP contribution in [0.4, 0.5) is 5.69 Å². The van der Waals surface area contributed by atoms with Gasteiger partial charge in [0.25, 0.3) is 11.8 Å². The number of hydrogen-bond acceptors (Lipinski definition) is 3. The molecule has 3 amide bonds. The van der Waals surface area contributed by atoms with Gasteiger partial charge >= 0.3 is 0 Å². The third kappa shape index (κ3) is 6.58. The molecule has 6 heteroatoms. The first-order valence-corrected chi connectivity index (χ1v) is 8.81. The summed E-state index contributed by atoms with van der Waals surface area (Å²) in [5.74, 6) is -0.761. The van der Waals surface area contributed by atoms with Gasteiger partial charge in [-0.25, -0.2) is 0 Å². The molecule has 0 atom stereocenters. The van der Waals surface area contributed by atoms with Gasteiger partial charge in [0.1, 0.15) is 0 Å². The van der Waals surface area contributed by atoms with Crippen LogP contribution in [0.1, 0.15) is 47.9 Å². The quantitative estimate of drug-likeness (QED) is 0.733. The summed E-state index contributed by atoms with van der Waals surface area (Å²) in [6.45, 7) is 5.88. The molecule has 2 rings (SSSR count). The number of benzene rings is 2. The Bertz CT molecular complexity index is 811. The molecule has 0 aliphatic carbocycles. The smallest absolute Gasteiger partial charge is 0.253 e. The fourth-order valence-electron chi connectivity index (χ4n) is 2.39. The van der Waals surface area contributed by atoms with E-state index in [-0.39, 0.29) is 36.2 Å². The van der Waals surface area contributed by atoms with Crippen LogP contribution in [0.15, 0.2) is 54.6 Å². The third-order valence-corrected chi connectivity index (χ3v) is 3.61. The molecule has 0 saturated heterocycles. The Balaban J connectivity index is 1.90. The number of carbonyl (C=O) groups is 3. The number of nitrogens with one attached hydrogen (secondary N) is 3. The SMILES string of the molecule is CC(C)(C)NC(=O)c1ccccc1NC(=O)CCNC(=O)c1ccccc1. The predicted octanol–water partition coefficient (Wildman–Crippen LogP) is 2.97. The van der Waals surface area contributed by atoms with Crippen LogP contribution in [0.3, 0.4) is 0 Å². The summed E-state index contributed by atoms with van der Waals surface area (Å²) in [4.78, 5) is 36.6. The van der Waals surface area contributed by atoms with E-state index in [0.717, 1.165) is 0 Å². The van der Waals surface area contributed by atoms with E-state index in [1.54, 1.807) is 48.5 Å². The van der Waals surface area contributed by atoms with Crippen LogP contribution < -0.4 is 16.0 Å². The van der Waals surface area contributed by atoms with Crippen molar-refractivity contribution >= 4 is 23.4 Å². The summed E-state index contributed by atoms with van der Waals surface area (Å²) in [6.07, 6.45) is 0.105. The molecule has 3 N–H and O–H groups in total. The highest BCUT2D eigenvalue weighted by molar-refractivity contribution is 6.04. The number of anilines is 1. The molecule has 0 unspecified atom stereocenters. The van der Waals surface area contributed by atoms with Crippen molar-refractivity contribution < 1.29 is 14.4 Å². The van der Waals surface area contributed by atoms with Gasteiger partial charge in [0.2, 0.25) is 5.91 Å². The van der Waals surface area contributed by atoms with Gasteiger partial charge in [-0.05, 0) is 45.0 Å². The lowest BCUT2D eigenvalue weighted by Gasteiger charge is -2.21. The predicted molar refractivity (Wildman–Crippen MR) is 106 cm³/mol. The zero-order valence-electron chi connectivity index (χ0n) is 15.8. The largest absolute Gasteiger partial charge is 0.352 e. The zero-order chi connectivity index (χ0) is 19.9. The van der Waals surface area contributed by atoms with Crippen molar-refractivity contribution in [1.29, 1.82) is 0 Å². The lowest BCUT2D eigenvalue weighted by molar-refractivity contribution is -0.116. The second-order valence-electron chi connectivity index (χ2n) is 7.17. The number of rotatable bonds is 6. The molecule has 0 aliphatic heterocycles. The van der Waals surface area contributed by atoms with E-state index in [1.807, 2.05) is 26.8 Å². The van der Waals surface area contributed by atoms with Crippen molar-refractivity contribution in [3.05, 3.63) is 65.7 Å². The van der Waals surface area contributed by atoms with Crippen molar-refractivity contribution in [2.75, 3.05) is 11.9 Å². The highest BCUT2D eigenvalue weighted by Gasteiger charge is 2.18. The Morgan fingerprint density at radius 1 is 0.852 bits per heavy atom. The second-order valence-corrected chi connectivity index (χ2v) is 7.17. The molecule has 0 saturated carbocycles. The zero-order valence-corrected chi connectivity index (χ0v) is 15.8. The van der Waals surface area contributed by atoms with Gasteiger partial charge in [-0.1, -0.05) is 30.3 Å². The van der Waals surface area contributed by atoms with E-state index in [9.17, 15) is 14.4 Å². The van der Waals surface area contributed by atoms with Crippen LogP contribution in [0, 0.1) is 0 Å². The molecular weight excluding hydrogens is 342 g/mol. The number of carbonyl (C=O) groups excluding carboxylic acids is 3. The minimum atomic E-state index is -0.379. The lowest BCUT2D eigenvalue weighted by atomic mass is 10.1. The maximum Gasteiger partial charge on any atom is 0.253 e. The van der Waals surface area contributed by atoms with Crippen LogP contribution in [-0.2, 0) is 4.79 Å². The maximum atomic E-state index is 12.4. The third-order valence-electron chi connectivity index (χ3n) is 3.61. The van der Waals surface area contributed by atoms with Crippen molar-refractivity contribution in [3.8, 4) is 0 Å². The summed E-state index contributed by atoms with van der Waals surface area (Å²) in [7, 11) is 0. The molecule has 27 heavy (non-hydrogen) atoms. The normalized spacial score (nSPS) is 10.8. The summed E-state index contributed by atoms with van der Waals surface area (Å²) in [5.41, 5.74) is 1.01. The lowest BCUT2D eigenvalue weighted by Crippen LogP contribution is -2.40. The molecule has 0 bridgehead atoms. The standard InChI is InChI=1S/C21H25N3O3/c1-21(2,3)24-20(27)16-11-7-8-12-17(16)23-18(25)13-14-22-19(26)15-9-5-4-6-10-15/h4-12H,13-14H2,1-3H3,(H,22,26)(H,23,25)(H,24,27). The van der Waals surface area contributed by atoms with Crippen molar-refractivity contribution in [3.63, 3.8) is 0 Å². The molecule has 142 valence electrons. The first-order valence-electron chi connectivity index (χ1n) is 8.81. The van der Waals surface area contributed by atoms with E-state index in [2.05, 4.69) is 16.0 Å². The number of hydrogen-bond donors (Lipinski definition) is 3. The number of para-hydroxylation sites is 1. The second kappa shape index (κ2) is 8.98. The van der Waals surface area contributed by atoms with Crippen LogP contribution in [0.5, 0.6) is 0 Å². The van der Waals surface area contributed by atoms with Gasteiger partial charge in [0.15, 0.2) is 0 Å². The van der Waals surface area contributed by atoms with Gasteiger partial charge in [0.05, 0.1) is 11.3 Å². The Morgan fingerprint density at radius 3 is 2.15 bits per heavy atom. The Morgan fingerprint density at radius 2 is 1.48 bits per heavy atom. The average molecular weight is 367 g/mol. The minimum Gasteiger partial charge on any atom is -0.352 e. The monoisotopic (exact) mass is 367 g/mol. The highest BCUT2D eigenvalue weighted by atomic mass is 16.2. The Labute approximate surface area is 159 Å². The number of amides is 3. The van der Waals surface area contributed by atoms with Gasteiger partial charge in [-0.2, -0.15) is 0 Å². The minimum absolute atomic E-state index is 0.105. The van der Waals surface area contributed by atoms with E-state index in [0.29, 0.717) is 16.8 Å². The molecule has 2 aromatic rings. The van der Waals surface area contributed by atoms with Crippen LogP contribution >= 0.6 is 0 Å². The molecule has 6 nitrogen and oxygen atoms in total. The Hall–Kier alpha value is -3.15. The van der Waals surface area contributed by atoms with Crippen molar-refractivity contribution in [1.82, 2.24) is 10.6 Å². The maximum absolute atomic E-state index is 12.4. The van der Waals surface area contributed by atoms with E-state index < -0.39 is 0 Å². The van der Waals surface area contributed by atoms with E-state index in [1.165, 1.54) is 0 Å². The average Bonchev–Trinajstić information content (AvgIpc) is 2.61. The highest BCUT2D eigenvalue weighted by Crippen LogP contribution is 2.16. The van der Waals surface area contributed by atoms with Crippen LogP contribution in [-0.4, -0.2) is 29.8 Å². The molecule has 2 aromatic carbocycles. The first kappa shape index (κ1) is 20.2. The van der Waals surface area contributed by atoms with E-state index in [4.69, 9.17) is 0 Å². The Kier molecular flexibility index (Phi) is 6.71. The van der Waals surface area contributed by atoms with Gasteiger partial charge in [0, 0.05) is 24.1 Å². The molecule has 0 heterocycles. The van der Waals surface area contributed by atoms with Crippen molar-refractivity contribution in [2.45, 2.75) is 32.7 Å². The topological polar surface area (TPSA) is 87.3 Å². The van der Waals surface area contributed by atoms with Gasteiger partial charge in [-0.3, -0.25) is 14.4 Å². The molecule has 0 spiro atoms. The van der Waals surface area contributed by atoms with Crippen molar-refractivity contribution in [2.24, 2.45) is 0 Å². The summed E-state index contributed by atoms with van der Waals surface area (Å²) in [6, 6.07) is 15.6. The van der Waals surface area contributed by atoms with E-state index >= 15 is 0 Å². The fourth-order valence-corrected chi connectivity index (χ4v) is 2.39. The molecule has 0 fully saturated rings. The summed E-state index contributed by atoms with van der Waals surface area (Å²) < 4.78 is 0. The molecular formula is C21H25N3O3. The summed E-state index contributed by atoms with van der Waals surface area (Å²) >= 11 is 0. The molecule has 0 radical (unpaired) electrons. The first-order chi connectivity index (χ1) is 12.8. The molecule has 0 aliphatic rings. The summed E-state index contributed by atoms with van der Waals surface area (Å²) in [5, 5.41) is 8.32.